The molecule has 0 saturated carbocycles. The second-order valence-electron chi connectivity index (χ2n) is 3.92. The Bertz CT molecular complexity index is 649. The molecule has 0 fully saturated rings. The highest BCUT2D eigenvalue weighted by Gasteiger charge is 2.15. The number of rotatable bonds is 4. The normalized spacial score (nSPS) is 10.4. The molecular formula is C13H9F2NO3. The van der Waals surface area contributed by atoms with E-state index in [1.54, 1.807) is 0 Å². The Kier molecular flexibility index (Phi) is 3.41. The first kappa shape index (κ1) is 12.9. The first-order valence-electron chi connectivity index (χ1n) is 5.37. The maximum Gasteiger partial charge on any atom is 0.352 e. The summed E-state index contributed by atoms with van der Waals surface area (Å²) in [6.45, 7) is 0. The summed E-state index contributed by atoms with van der Waals surface area (Å²) in [6, 6.07) is 4.73. The Hall–Kier alpha value is -2.50. The van der Waals surface area contributed by atoms with Gasteiger partial charge in [0, 0.05) is 18.2 Å². The number of carbonyl (C=O) groups excluding carboxylic acids is 1. The van der Waals surface area contributed by atoms with E-state index < -0.39 is 23.4 Å². The van der Waals surface area contributed by atoms with Gasteiger partial charge in [-0.05, 0) is 17.7 Å². The van der Waals surface area contributed by atoms with E-state index in [9.17, 15) is 18.4 Å². The van der Waals surface area contributed by atoms with E-state index in [1.807, 2.05) is 0 Å². The lowest BCUT2D eigenvalue weighted by atomic mass is 10.0. The van der Waals surface area contributed by atoms with Crippen molar-refractivity contribution in [2.75, 3.05) is 0 Å². The van der Waals surface area contributed by atoms with Crippen LogP contribution < -0.4 is 0 Å². The molecule has 1 aromatic carbocycles. The number of halogens is 2. The van der Waals surface area contributed by atoms with E-state index in [0.29, 0.717) is 0 Å². The molecule has 6 heteroatoms. The molecule has 19 heavy (non-hydrogen) atoms. The highest BCUT2D eigenvalue weighted by molar-refractivity contribution is 5.99. The van der Waals surface area contributed by atoms with Crippen LogP contribution in [0.4, 0.5) is 8.78 Å². The first-order chi connectivity index (χ1) is 8.99. The van der Waals surface area contributed by atoms with Gasteiger partial charge < -0.3 is 10.1 Å². The zero-order valence-corrected chi connectivity index (χ0v) is 9.61. The molecule has 0 unspecified atom stereocenters. The predicted octanol–water partition coefficient (Wildman–Crippen LogP) is 2.42. The van der Waals surface area contributed by atoms with E-state index >= 15 is 0 Å². The third kappa shape index (κ3) is 2.67. The Morgan fingerprint density at radius 3 is 2.63 bits per heavy atom. The molecule has 0 saturated heterocycles. The number of carboxylic acid groups (broad SMARTS) is 1. The van der Waals surface area contributed by atoms with Gasteiger partial charge in [0.05, 0.1) is 0 Å². The fraction of sp³-hybridized carbons (Fsp3) is 0.0769. The monoisotopic (exact) mass is 265 g/mol. The van der Waals surface area contributed by atoms with Crippen LogP contribution in [0.25, 0.3) is 0 Å². The lowest BCUT2D eigenvalue weighted by Gasteiger charge is -2.02. The van der Waals surface area contributed by atoms with Gasteiger partial charge in [-0.2, -0.15) is 0 Å². The topological polar surface area (TPSA) is 70.2 Å². The first-order valence-corrected chi connectivity index (χ1v) is 5.37. The number of benzene rings is 1. The number of Topliss-reactive ketones (excluding diaryl/α,β-unsaturated/α-hetero) is 1. The van der Waals surface area contributed by atoms with Gasteiger partial charge in [0.2, 0.25) is 0 Å². The summed E-state index contributed by atoms with van der Waals surface area (Å²) < 4.78 is 26.4. The molecule has 2 aromatic rings. The average molecular weight is 265 g/mol. The zero-order chi connectivity index (χ0) is 14.0. The van der Waals surface area contributed by atoms with E-state index in [4.69, 9.17) is 5.11 Å². The van der Waals surface area contributed by atoms with Crippen molar-refractivity contribution in [1.29, 1.82) is 0 Å². The predicted molar refractivity (Wildman–Crippen MR) is 62.1 cm³/mol. The summed E-state index contributed by atoms with van der Waals surface area (Å²) in [7, 11) is 0. The number of hydrogen-bond acceptors (Lipinski definition) is 2. The summed E-state index contributed by atoms with van der Waals surface area (Å²) >= 11 is 0. The van der Waals surface area contributed by atoms with E-state index in [2.05, 4.69) is 4.98 Å². The molecule has 4 nitrogen and oxygen atoms in total. The number of carbonyl (C=O) groups is 2. The number of aromatic carboxylic acids is 1. The minimum Gasteiger partial charge on any atom is -0.477 e. The van der Waals surface area contributed by atoms with Crippen molar-refractivity contribution in [3.63, 3.8) is 0 Å². The van der Waals surface area contributed by atoms with E-state index in [1.165, 1.54) is 18.3 Å². The summed E-state index contributed by atoms with van der Waals surface area (Å²) in [5.41, 5.74) is -0.0906. The van der Waals surface area contributed by atoms with Gasteiger partial charge in [-0.15, -0.1) is 0 Å². The molecule has 0 aliphatic carbocycles. The molecule has 2 N–H and O–H groups in total. The van der Waals surface area contributed by atoms with Gasteiger partial charge in [0.1, 0.15) is 5.69 Å². The molecule has 0 spiro atoms. The van der Waals surface area contributed by atoms with Crippen molar-refractivity contribution in [2.24, 2.45) is 0 Å². The van der Waals surface area contributed by atoms with E-state index in [-0.39, 0.29) is 23.2 Å². The molecular weight excluding hydrogens is 256 g/mol. The van der Waals surface area contributed by atoms with Crippen LogP contribution in [0.2, 0.25) is 0 Å². The third-order valence-corrected chi connectivity index (χ3v) is 2.62. The van der Waals surface area contributed by atoms with Gasteiger partial charge in [-0.1, -0.05) is 12.1 Å². The zero-order valence-electron chi connectivity index (χ0n) is 9.61. The number of H-pyrrole nitrogens is 1. The van der Waals surface area contributed by atoms with Crippen LogP contribution in [0, 0.1) is 11.6 Å². The lowest BCUT2D eigenvalue weighted by Crippen LogP contribution is -2.05. The maximum atomic E-state index is 13.4. The van der Waals surface area contributed by atoms with Crippen LogP contribution in [0.15, 0.2) is 30.5 Å². The SMILES string of the molecule is O=C(Cc1cccc(F)c1F)c1c[nH]c(C(=O)O)c1. The molecule has 0 aliphatic rings. The quantitative estimate of drug-likeness (QED) is 0.834. The van der Waals surface area contributed by atoms with Crippen molar-refractivity contribution in [3.05, 3.63) is 58.9 Å². The number of carboxylic acids is 1. The fourth-order valence-electron chi connectivity index (χ4n) is 1.64. The summed E-state index contributed by atoms with van der Waals surface area (Å²) in [5.74, 6) is -3.78. The lowest BCUT2D eigenvalue weighted by molar-refractivity contribution is 0.0691. The van der Waals surface area contributed by atoms with Crippen LogP contribution in [0.3, 0.4) is 0 Å². The molecule has 2 rings (SSSR count). The number of nitrogens with one attached hydrogen (secondary N) is 1. The van der Waals surface area contributed by atoms with Gasteiger partial charge in [-0.3, -0.25) is 4.79 Å². The van der Waals surface area contributed by atoms with Gasteiger partial charge in [-0.25, -0.2) is 13.6 Å². The number of aromatic amines is 1. The van der Waals surface area contributed by atoms with Crippen LogP contribution in [-0.4, -0.2) is 21.8 Å². The van der Waals surface area contributed by atoms with Crippen LogP contribution in [0.5, 0.6) is 0 Å². The third-order valence-electron chi connectivity index (χ3n) is 2.62. The molecule has 1 aromatic heterocycles. The number of hydrogen-bond donors (Lipinski definition) is 2. The van der Waals surface area contributed by atoms with Crippen molar-refractivity contribution in [3.8, 4) is 0 Å². The Morgan fingerprint density at radius 2 is 2.00 bits per heavy atom. The summed E-state index contributed by atoms with van der Waals surface area (Å²) in [5, 5.41) is 8.70. The molecule has 0 atom stereocenters. The summed E-state index contributed by atoms with van der Waals surface area (Å²) in [4.78, 5) is 24.9. The maximum absolute atomic E-state index is 13.4. The van der Waals surface area contributed by atoms with Crippen LogP contribution in [0.1, 0.15) is 26.4 Å². The second kappa shape index (κ2) is 5.01. The smallest absolute Gasteiger partial charge is 0.352 e. The highest BCUT2D eigenvalue weighted by atomic mass is 19.2. The van der Waals surface area contributed by atoms with Crippen molar-refractivity contribution >= 4 is 11.8 Å². The Balaban J connectivity index is 2.21. The highest BCUT2D eigenvalue weighted by Crippen LogP contribution is 2.15. The van der Waals surface area contributed by atoms with Crippen molar-refractivity contribution in [2.45, 2.75) is 6.42 Å². The van der Waals surface area contributed by atoms with Gasteiger partial charge >= 0.3 is 5.97 Å². The van der Waals surface area contributed by atoms with Crippen molar-refractivity contribution in [1.82, 2.24) is 4.98 Å². The van der Waals surface area contributed by atoms with Gasteiger partial charge in [0.25, 0.3) is 0 Å². The molecule has 0 aliphatic heterocycles. The van der Waals surface area contributed by atoms with Crippen LogP contribution in [-0.2, 0) is 6.42 Å². The molecule has 0 bridgehead atoms. The summed E-state index contributed by atoms with van der Waals surface area (Å²) in [6.07, 6.45) is 0.892. The second-order valence-corrected chi connectivity index (χ2v) is 3.92. The minimum absolute atomic E-state index is 0.0666. The molecule has 98 valence electrons. The molecule has 1 heterocycles. The van der Waals surface area contributed by atoms with Gasteiger partial charge in [0.15, 0.2) is 17.4 Å². The molecule has 0 amide bonds. The Labute approximate surface area is 106 Å². The Morgan fingerprint density at radius 1 is 1.26 bits per heavy atom. The minimum atomic E-state index is -1.20. The number of ketones is 1. The largest absolute Gasteiger partial charge is 0.477 e. The number of aromatic nitrogens is 1. The fourth-order valence-corrected chi connectivity index (χ4v) is 1.64. The van der Waals surface area contributed by atoms with Crippen LogP contribution >= 0.6 is 0 Å². The van der Waals surface area contributed by atoms with Crippen molar-refractivity contribution < 1.29 is 23.5 Å². The van der Waals surface area contributed by atoms with E-state index in [0.717, 1.165) is 12.1 Å². The molecule has 0 radical (unpaired) electrons. The standard InChI is InChI=1S/C13H9F2NO3/c14-9-3-1-2-7(12(9)15)5-11(17)8-4-10(13(18)19)16-6-8/h1-4,6,16H,5H2,(H,18,19). The average Bonchev–Trinajstić information content (AvgIpc) is 2.84.